The monoisotopic (exact) mass is 234 g/mol. The molecule has 1 rings (SSSR count). The third kappa shape index (κ3) is 10.4. The van der Waals surface area contributed by atoms with Crippen molar-refractivity contribution in [3.8, 4) is 0 Å². The third-order valence-corrected chi connectivity index (χ3v) is 1.87. The largest absolute Gasteiger partial charge is 0.481 e. The molecule has 0 radical (unpaired) electrons. The average molecular weight is 234 g/mol. The second-order valence-electron chi connectivity index (χ2n) is 3.41. The first-order valence-corrected chi connectivity index (χ1v) is 5.56. The van der Waals surface area contributed by atoms with E-state index >= 15 is 0 Å². The van der Waals surface area contributed by atoms with Gasteiger partial charge in [-0.05, 0) is 18.1 Å². The molecule has 17 heavy (non-hydrogen) atoms. The van der Waals surface area contributed by atoms with Gasteiger partial charge in [-0.3, -0.25) is 9.59 Å². The number of rotatable bonds is 5. The van der Waals surface area contributed by atoms with Crippen molar-refractivity contribution in [1.82, 2.24) is 0 Å². The van der Waals surface area contributed by atoms with Crippen molar-refractivity contribution in [3.63, 3.8) is 0 Å². The molecule has 0 aliphatic heterocycles. The molecule has 0 amide bonds. The highest BCUT2D eigenvalue weighted by Gasteiger charge is 1.96. The van der Waals surface area contributed by atoms with Gasteiger partial charge in [0.25, 0.3) is 0 Å². The minimum atomic E-state index is -0.786. The Labute approximate surface area is 102 Å². The summed E-state index contributed by atoms with van der Waals surface area (Å²) >= 11 is 0. The zero-order valence-electron chi connectivity index (χ0n) is 10.0. The summed E-state index contributed by atoms with van der Waals surface area (Å²) in [4.78, 5) is 19.8. The predicted octanol–water partition coefficient (Wildman–Crippen LogP) is 2.86. The maximum Gasteiger partial charge on any atom is 0.307 e. The molecule has 0 unspecified atom stereocenters. The van der Waals surface area contributed by atoms with Gasteiger partial charge in [-0.15, -0.1) is 0 Å². The zero-order valence-corrected chi connectivity index (χ0v) is 10.0. The molecular formula is C14H18O3. The van der Waals surface area contributed by atoms with Gasteiger partial charge in [-0.2, -0.15) is 0 Å². The first-order valence-electron chi connectivity index (χ1n) is 5.56. The molecule has 0 spiro atoms. The van der Waals surface area contributed by atoms with Crippen LogP contribution in [0.15, 0.2) is 42.5 Å². The number of carbonyl (C=O) groups excluding carboxylic acids is 1. The average Bonchev–Trinajstić information content (AvgIpc) is 2.31. The third-order valence-electron chi connectivity index (χ3n) is 1.87. The van der Waals surface area contributed by atoms with Crippen LogP contribution in [-0.2, 0) is 16.0 Å². The van der Waals surface area contributed by atoms with Gasteiger partial charge in [0.05, 0.1) is 6.42 Å². The minimum absolute atomic E-state index is 0.112. The number of allylic oxidation sites excluding steroid dienone is 2. The Kier molecular flexibility index (Phi) is 9.43. The fourth-order valence-electron chi connectivity index (χ4n) is 1.09. The van der Waals surface area contributed by atoms with Crippen molar-refractivity contribution in [3.05, 3.63) is 48.0 Å². The number of carbonyl (C=O) groups is 2. The molecule has 3 heteroatoms. The van der Waals surface area contributed by atoms with Crippen molar-refractivity contribution in [2.75, 3.05) is 0 Å². The molecule has 0 aromatic heterocycles. The molecule has 92 valence electrons. The van der Waals surface area contributed by atoms with Crippen molar-refractivity contribution < 1.29 is 14.7 Å². The summed E-state index contributed by atoms with van der Waals surface area (Å²) in [7, 11) is 0. The molecule has 0 fully saturated rings. The van der Waals surface area contributed by atoms with E-state index in [1.165, 1.54) is 6.08 Å². The lowest BCUT2D eigenvalue weighted by Gasteiger charge is -1.92. The van der Waals surface area contributed by atoms with E-state index in [4.69, 9.17) is 5.11 Å². The fraction of sp³-hybridized carbons (Fsp3) is 0.286. The Hall–Kier alpha value is -1.90. The van der Waals surface area contributed by atoms with E-state index in [-0.39, 0.29) is 6.42 Å². The molecule has 0 saturated heterocycles. The van der Waals surface area contributed by atoms with Crippen LogP contribution >= 0.6 is 0 Å². The number of carboxylic acid groups (broad SMARTS) is 1. The Morgan fingerprint density at radius 2 is 1.94 bits per heavy atom. The van der Waals surface area contributed by atoms with Crippen molar-refractivity contribution in [2.24, 2.45) is 0 Å². The van der Waals surface area contributed by atoms with Crippen molar-refractivity contribution in [2.45, 2.75) is 26.2 Å². The Balaban J connectivity index is 0.000000325. The zero-order chi connectivity index (χ0) is 12.9. The van der Waals surface area contributed by atoms with Crippen LogP contribution in [0, 0.1) is 0 Å². The van der Waals surface area contributed by atoms with E-state index in [2.05, 4.69) is 6.92 Å². The lowest BCUT2D eigenvalue weighted by Crippen LogP contribution is -1.98. The first-order chi connectivity index (χ1) is 8.20. The van der Waals surface area contributed by atoms with Crippen LogP contribution < -0.4 is 0 Å². The summed E-state index contributed by atoms with van der Waals surface area (Å²) in [5.74, 6) is -0.786. The first kappa shape index (κ1) is 15.1. The molecule has 0 bridgehead atoms. The van der Waals surface area contributed by atoms with E-state index < -0.39 is 5.97 Å². The number of aldehydes is 1. The fourth-order valence-corrected chi connectivity index (χ4v) is 1.09. The highest BCUT2D eigenvalue weighted by molar-refractivity contribution is 5.70. The molecule has 0 aliphatic carbocycles. The standard InChI is InChI=1S/C8H8O2.C6H10O/c9-8(10)6-7-4-2-1-3-5-7;1-2-3-4-5-6-7/h1-5H,6H2,(H,9,10);4-6H,2-3H2,1H3/b;5-4+. The van der Waals surface area contributed by atoms with Gasteiger partial charge >= 0.3 is 5.97 Å². The van der Waals surface area contributed by atoms with Crippen LogP contribution in [-0.4, -0.2) is 17.4 Å². The summed E-state index contributed by atoms with van der Waals surface area (Å²) < 4.78 is 0. The topological polar surface area (TPSA) is 54.4 Å². The van der Waals surface area contributed by atoms with Gasteiger partial charge < -0.3 is 5.11 Å². The van der Waals surface area contributed by atoms with Gasteiger partial charge in [0.2, 0.25) is 0 Å². The predicted molar refractivity (Wildman–Crippen MR) is 67.9 cm³/mol. The summed E-state index contributed by atoms with van der Waals surface area (Å²) in [6, 6.07) is 9.13. The maximum atomic E-state index is 10.2. The van der Waals surface area contributed by atoms with E-state index in [1.54, 1.807) is 12.1 Å². The second kappa shape index (κ2) is 10.6. The highest BCUT2D eigenvalue weighted by atomic mass is 16.4. The van der Waals surface area contributed by atoms with Crippen LogP contribution in [0.1, 0.15) is 25.3 Å². The van der Waals surface area contributed by atoms with Gasteiger partial charge in [-0.1, -0.05) is 49.8 Å². The number of hydrogen-bond donors (Lipinski definition) is 1. The normalized spacial score (nSPS) is 9.47. The van der Waals surface area contributed by atoms with E-state index in [9.17, 15) is 9.59 Å². The van der Waals surface area contributed by atoms with Crippen molar-refractivity contribution in [1.29, 1.82) is 0 Å². The van der Waals surface area contributed by atoms with Crippen LogP contribution in [0.2, 0.25) is 0 Å². The molecule has 0 heterocycles. The molecule has 3 nitrogen and oxygen atoms in total. The van der Waals surface area contributed by atoms with E-state index in [1.807, 2.05) is 24.3 Å². The number of hydrogen-bond acceptors (Lipinski definition) is 2. The minimum Gasteiger partial charge on any atom is -0.481 e. The molecule has 1 aromatic rings. The van der Waals surface area contributed by atoms with Gasteiger partial charge in [0, 0.05) is 0 Å². The second-order valence-corrected chi connectivity index (χ2v) is 3.41. The maximum absolute atomic E-state index is 10.2. The van der Waals surface area contributed by atoms with Gasteiger partial charge in [-0.25, -0.2) is 0 Å². The summed E-state index contributed by atoms with van der Waals surface area (Å²) in [6.45, 7) is 2.08. The quantitative estimate of drug-likeness (QED) is 0.629. The Bertz CT molecular complexity index is 342. The molecule has 1 aromatic carbocycles. The lowest BCUT2D eigenvalue weighted by molar-refractivity contribution is -0.136. The molecular weight excluding hydrogens is 216 g/mol. The lowest BCUT2D eigenvalue weighted by atomic mass is 10.2. The van der Waals surface area contributed by atoms with Crippen molar-refractivity contribution >= 4 is 12.3 Å². The van der Waals surface area contributed by atoms with Crippen LogP contribution in [0.25, 0.3) is 0 Å². The SMILES string of the molecule is CCC/C=C/C=O.O=C(O)Cc1ccccc1. The molecule has 1 N–H and O–H groups in total. The van der Waals surface area contributed by atoms with Crippen LogP contribution in [0.5, 0.6) is 0 Å². The van der Waals surface area contributed by atoms with Crippen LogP contribution in [0.4, 0.5) is 0 Å². The Morgan fingerprint density at radius 1 is 1.29 bits per heavy atom. The number of benzene rings is 1. The van der Waals surface area contributed by atoms with E-state index in [0.717, 1.165) is 24.7 Å². The Morgan fingerprint density at radius 3 is 2.41 bits per heavy atom. The van der Waals surface area contributed by atoms with Gasteiger partial charge in [0.1, 0.15) is 6.29 Å². The van der Waals surface area contributed by atoms with Gasteiger partial charge in [0.15, 0.2) is 0 Å². The summed E-state index contributed by atoms with van der Waals surface area (Å²) in [6.07, 6.45) is 6.44. The number of aliphatic carboxylic acids is 1. The van der Waals surface area contributed by atoms with E-state index in [0.29, 0.717) is 0 Å². The number of carboxylic acids is 1. The molecule has 0 aliphatic rings. The summed E-state index contributed by atoms with van der Waals surface area (Å²) in [5, 5.41) is 8.37. The number of unbranched alkanes of at least 4 members (excludes halogenated alkanes) is 1. The highest BCUT2D eigenvalue weighted by Crippen LogP contribution is 1.98. The van der Waals surface area contributed by atoms with Crippen LogP contribution in [0.3, 0.4) is 0 Å². The smallest absolute Gasteiger partial charge is 0.307 e. The molecule has 0 saturated carbocycles. The molecule has 0 atom stereocenters. The summed E-state index contributed by atoms with van der Waals surface area (Å²) in [5.41, 5.74) is 0.843.